The summed E-state index contributed by atoms with van der Waals surface area (Å²) < 4.78 is 2.02. The first kappa shape index (κ1) is 18.1. The van der Waals surface area contributed by atoms with Crippen molar-refractivity contribution in [1.29, 1.82) is 0 Å². The Labute approximate surface area is 160 Å². The lowest BCUT2D eigenvalue weighted by molar-refractivity contribution is 0.659. The van der Waals surface area contributed by atoms with Crippen molar-refractivity contribution in [2.75, 3.05) is 5.32 Å². The lowest BCUT2D eigenvalue weighted by Gasteiger charge is -2.17. The minimum absolute atomic E-state index is 0.154. The summed E-state index contributed by atoms with van der Waals surface area (Å²) in [4.78, 5) is 0. The van der Waals surface area contributed by atoms with Gasteiger partial charge in [-0.15, -0.1) is 0 Å². The SMILES string of the molecule is Cc1cc(C)n(Cc2ccc(NC(=S)NC(C)c3ccccc3)cc2)n1. The predicted octanol–water partition coefficient (Wildman–Crippen LogP) is 4.60. The zero-order chi connectivity index (χ0) is 18.5. The monoisotopic (exact) mass is 364 g/mol. The van der Waals surface area contributed by atoms with Crippen molar-refractivity contribution in [3.05, 3.63) is 83.2 Å². The van der Waals surface area contributed by atoms with Crippen LogP contribution in [0.3, 0.4) is 0 Å². The van der Waals surface area contributed by atoms with Crippen molar-refractivity contribution in [3.63, 3.8) is 0 Å². The van der Waals surface area contributed by atoms with Gasteiger partial charge in [-0.3, -0.25) is 4.68 Å². The van der Waals surface area contributed by atoms with Gasteiger partial charge < -0.3 is 10.6 Å². The molecule has 2 aromatic carbocycles. The van der Waals surface area contributed by atoms with E-state index in [1.54, 1.807) is 0 Å². The van der Waals surface area contributed by atoms with Crippen LogP contribution in [0.15, 0.2) is 60.7 Å². The van der Waals surface area contributed by atoms with Crippen molar-refractivity contribution in [1.82, 2.24) is 15.1 Å². The van der Waals surface area contributed by atoms with Crippen molar-refractivity contribution >= 4 is 23.0 Å². The molecular weight excluding hydrogens is 340 g/mol. The van der Waals surface area contributed by atoms with Gasteiger partial charge in [0, 0.05) is 11.4 Å². The van der Waals surface area contributed by atoms with Crippen LogP contribution in [0.25, 0.3) is 0 Å². The summed E-state index contributed by atoms with van der Waals surface area (Å²) in [6.07, 6.45) is 0. The number of aromatic nitrogens is 2. The molecule has 0 bridgehead atoms. The fourth-order valence-corrected chi connectivity index (χ4v) is 3.18. The Morgan fingerprint density at radius 2 is 1.77 bits per heavy atom. The second-order valence-corrected chi connectivity index (χ2v) is 6.92. The molecule has 26 heavy (non-hydrogen) atoms. The maximum atomic E-state index is 5.43. The number of anilines is 1. The predicted molar refractivity (Wildman–Crippen MR) is 111 cm³/mol. The van der Waals surface area contributed by atoms with Crippen molar-refractivity contribution in [2.45, 2.75) is 33.4 Å². The maximum absolute atomic E-state index is 5.43. The van der Waals surface area contributed by atoms with Crippen molar-refractivity contribution < 1.29 is 0 Å². The molecule has 1 unspecified atom stereocenters. The summed E-state index contributed by atoms with van der Waals surface area (Å²) in [5, 5.41) is 11.7. The molecule has 0 aliphatic heterocycles. The van der Waals surface area contributed by atoms with E-state index in [0.29, 0.717) is 5.11 Å². The van der Waals surface area contributed by atoms with E-state index < -0.39 is 0 Å². The fourth-order valence-electron chi connectivity index (χ4n) is 2.89. The van der Waals surface area contributed by atoms with Crippen LogP contribution >= 0.6 is 12.2 Å². The highest BCUT2D eigenvalue weighted by atomic mass is 32.1. The van der Waals surface area contributed by atoms with E-state index in [1.807, 2.05) is 41.9 Å². The van der Waals surface area contributed by atoms with E-state index >= 15 is 0 Å². The van der Waals surface area contributed by atoms with E-state index in [0.717, 1.165) is 17.9 Å². The summed E-state index contributed by atoms with van der Waals surface area (Å²) in [5.74, 6) is 0. The number of rotatable bonds is 5. The normalized spacial score (nSPS) is 11.8. The molecule has 3 rings (SSSR count). The molecule has 3 aromatic rings. The van der Waals surface area contributed by atoms with Crippen LogP contribution in [0.4, 0.5) is 5.69 Å². The number of thiocarbonyl (C=S) groups is 1. The molecule has 1 heterocycles. The van der Waals surface area contributed by atoms with E-state index in [-0.39, 0.29) is 6.04 Å². The van der Waals surface area contributed by atoms with Crippen LogP contribution in [-0.2, 0) is 6.54 Å². The first-order chi connectivity index (χ1) is 12.5. The van der Waals surface area contributed by atoms with Gasteiger partial charge in [0.05, 0.1) is 18.3 Å². The minimum Gasteiger partial charge on any atom is -0.356 e. The molecule has 1 atom stereocenters. The topological polar surface area (TPSA) is 41.9 Å². The zero-order valence-corrected chi connectivity index (χ0v) is 16.2. The Hall–Kier alpha value is -2.66. The Balaban J connectivity index is 1.57. The Morgan fingerprint density at radius 3 is 2.38 bits per heavy atom. The van der Waals surface area contributed by atoms with Gasteiger partial charge >= 0.3 is 0 Å². The highest BCUT2D eigenvalue weighted by Gasteiger charge is 2.07. The molecule has 4 nitrogen and oxygen atoms in total. The highest BCUT2D eigenvalue weighted by molar-refractivity contribution is 7.80. The van der Waals surface area contributed by atoms with Crippen LogP contribution in [0.2, 0.25) is 0 Å². The first-order valence-electron chi connectivity index (χ1n) is 8.74. The van der Waals surface area contributed by atoms with E-state index in [2.05, 4.69) is 59.9 Å². The molecule has 0 radical (unpaired) electrons. The summed E-state index contributed by atoms with van der Waals surface area (Å²) in [5.41, 5.74) is 5.60. The van der Waals surface area contributed by atoms with Gasteiger partial charge in [-0.05, 0) is 62.3 Å². The Kier molecular flexibility index (Phi) is 5.68. The summed E-state index contributed by atoms with van der Waals surface area (Å²) in [6, 6.07) is 20.8. The summed E-state index contributed by atoms with van der Waals surface area (Å²) in [6.45, 7) is 6.96. The van der Waals surface area contributed by atoms with Crippen molar-refractivity contribution in [3.8, 4) is 0 Å². The Morgan fingerprint density at radius 1 is 1.08 bits per heavy atom. The van der Waals surface area contributed by atoms with Gasteiger partial charge in [0.25, 0.3) is 0 Å². The molecule has 1 aromatic heterocycles. The van der Waals surface area contributed by atoms with Gasteiger partial charge in [0.15, 0.2) is 5.11 Å². The first-order valence-corrected chi connectivity index (χ1v) is 9.14. The molecule has 2 N–H and O–H groups in total. The van der Waals surface area contributed by atoms with Gasteiger partial charge in [0.1, 0.15) is 0 Å². The van der Waals surface area contributed by atoms with Gasteiger partial charge in [-0.2, -0.15) is 5.10 Å². The average Bonchev–Trinajstić information content (AvgIpc) is 2.94. The number of hydrogen-bond acceptors (Lipinski definition) is 2. The average molecular weight is 365 g/mol. The molecule has 0 aliphatic rings. The maximum Gasteiger partial charge on any atom is 0.171 e. The lowest BCUT2D eigenvalue weighted by atomic mass is 10.1. The molecule has 0 saturated heterocycles. The fraction of sp³-hybridized carbons (Fsp3) is 0.238. The third-order valence-electron chi connectivity index (χ3n) is 4.29. The Bertz CT molecular complexity index is 869. The molecular formula is C21H24N4S. The number of benzene rings is 2. The largest absolute Gasteiger partial charge is 0.356 e. The van der Waals surface area contributed by atoms with Crippen LogP contribution in [0, 0.1) is 13.8 Å². The molecule has 0 amide bonds. The molecule has 0 spiro atoms. The van der Waals surface area contributed by atoms with Crippen molar-refractivity contribution in [2.24, 2.45) is 0 Å². The zero-order valence-electron chi connectivity index (χ0n) is 15.4. The molecule has 5 heteroatoms. The molecule has 134 valence electrons. The van der Waals surface area contributed by atoms with E-state index in [1.165, 1.54) is 16.8 Å². The second-order valence-electron chi connectivity index (χ2n) is 6.51. The van der Waals surface area contributed by atoms with Crippen LogP contribution in [0.5, 0.6) is 0 Å². The lowest BCUT2D eigenvalue weighted by Crippen LogP contribution is -2.30. The molecule has 0 aliphatic carbocycles. The summed E-state index contributed by atoms with van der Waals surface area (Å²) >= 11 is 5.43. The highest BCUT2D eigenvalue weighted by Crippen LogP contribution is 2.14. The third-order valence-corrected chi connectivity index (χ3v) is 4.51. The van der Waals surface area contributed by atoms with Crippen LogP contribution < -0.4 is 10.6 Å². The summed E-state index contributed by atoms with van der Waals surface area (Å²) in [7, 11) is 0. The standard InChI is InChI=1S/C21H24N4S/c1-15-13-16(2)25(24-15)14-18-9-11-20(12-10-18)23-21(26)22-17(3)19-7-5-4-6-8-19/h4-13,17H,14H2,1-3H3,(H2,22,23,26). The quantitative estimate of drug-likeness (QED) is 0.650. The number of nitrogens with one attached hydrogen (secondary N) is 2. The third kappa shape index (κ3) is 4.70. The molecule has 0 fully saturated rings. The number of hydrogen-bond donors (Lipinski definition) is 2. The second kappa shape index (κ2) is 8.15. The van der Waals surface area contributed by atoms with Gasteiger partial charge in [-0.25, -0.2) is 0 Å². The van der Waals surface area contributed by atoms with E-state index in [9.17, 15) is 0 Å². The van der Waals surface area contributed by atoms with Gasteiger partial charge in [-0.1, -0.05) is 42.5 Å². The molecule has 0 saturated carbocycles. The smallest absolute Gasteiger partial charge is 0.171 e. The number of nitrogens with zero attached hydrogens (tertiary/aromatic N) is 2. The van der Waals surface area contributed by atoms with Crippen LogP contribution in [0.1, 0.15) is 35.5 Å². The number of aryl methyl sites for hydroxylation is 2. The minimum atomic E-state index is 0.154. The van der Waals surface area contributed by atoms with Crippen LogP contribution in [-0.4, -0.2) is 14.9 Å². The van der Waals surface area contributed by atoms with E-state index in [4.69, 9.17) is 12.2 Å². The van der Waals surface area contributed by atoms with Gasteiger partial charge in [0.2, 0.25) is 0 Å².